The van der Waals surface area contributed by atoms with Gasteiger partial charge in [0.15, 0.2) is 0 Å². The van der Waals surface area contributed by atoms with E-state index in [0.29, 0.717) is 11.1 Å². The van der Waals surface area contributed by atoms with Crippen LogP contribution in [-0.2, 0) is 20.8 Å². The molecule has 27 heavy (non-hydrogen) atoms. The molecule has 0 heterocycles. The molecule has 0 unspecified atom stereocenters. The van der Waals surface area contributed by atoms with Crippen molar-refractivity contribution in [3.8, 4) is 11.1 Å². The summed E-state index contributed by atoms with van der Waals surface area (Å²) in [7, 11) is 0. The quantitative estimate of drug-likeness (QED) is 0.627. The fourth-order valence-corrected chi connectivity index (χ4v) is 2.71. The molecule has 1 atom stereocenters. The molecule has 0 fully saturated rings. The van der Waals surface area contributed by atoms with Crippen molar-refractivity contribution in [3.63, 3.8) is 0 Å². The topological polar surface area (TPSA) is 104 Å². The number of hydrogen-bond donors (Lipinski definition) is 3. The van der Waals surface area contributed by atoms with Crippen LogP contribution in [0.4, 0.5) is 4.39 Å². The average Bonchev–Trinajstić information content (AvgIpc) is 2.60. The van der Waals surface area contributed by atoms with Crippen molar-refractivity contribution in [3.05, 3.63) is 59.9 Å². The van der Waals surface area contributed by atoms with E-state index < -0.39 is 23.9 Å². The Balaban J connectivity index is 2.06. The Hall–Kier alpha value is -3.22. The van der Waals surface area contributed by atoms with E-state index in [2.05, 4.69) is 5.32 Å². The van der Waals surface area contributed by atoms with Crippen LogP contribution in [0.3, 0.4) is 0 Å². The Labute approximate surface area is 155 Å². The number of carbonyl (C=O) groups is 3. The minimum absolute atomic E-state index is 0.211. The molecule has 0 spiro atoms. The largest absolute Gasteiger partial charge is 0.481 e. The lowest BCUT2D eigenvalue weighted by atomic mass is 9.99. The number of nitrogens with one attached hydrogen (secondary N) is 1. The summed E-state index contributed by atoms with van der Waals surface area (Å²) in [5.74, 6) is -3.00. The highest BCUT2D eigenvalue weighted by molar-refractivity contribution is 5.81. The molecule has 0 aliphatic heterocycles. The highest BCUT2D eigenvalue weighted by Gasteiger charge is 2.17. The number of halogens is 1. The highest BCUT2D eigenvalue weighted by atomic mass is 19.1. The third-order valence-electron chi connectivity index (χ3n) is 3.97. The summed E-state index contributed by atoms with van der Waals surface area (Å²) in [6, 6.07) is 12.7. The predicted molar refractivity (Wildman–Crippen MR) is 96.6 cm³/mol. The summed E-state index contributed by atoms with van der Waals surface area (Å²) in [6.07, 6.45) is -0.544. The zero-order chi connectivity index (χ0) is 19.8. The number of carboxylic acid groups (broad SMARTS) is 2. The highest BCUT2D eigenvalue weighted by Crippen LogP contribution is 2.23. The van der Waals surface area contributed by atoms with Crippen LogP contribution < -0.4 is 5.32 Å². The summed E-state index contributed by atoms with van der Waals surface area (Å²) >= 11 is 0. The fraction of sp³-hybridized carbons (Fsp3) is 0.250. The SMILES string of the molecule is O=C(O)CCC(=O)N[C@@H](CC(=O)O)Cc1ccc(-c2ccccc2F)cc1. The molecule has 1 amide bonds. The van der Waals surface area contributed by atoms with Gasteiger partial charge in [-0.2, -0.15) is 0 Å². The van der Waals surface area contributed by atoms with E-state index in [4.69, 9.17) is 10.2 Å². The number of aliphatic carboxylic acids is 2. The number of rotatable bonds is 9. The van der Waals surface area contributed by atoms with Gasteiger partial charge in [0.05, 0.1) is 12.8 Å². The van der Waals surface area contributed by atoms with Gasteiger partial charge in [-0.1, -0.05) is 42.5 Å². The number of carbonyl (C=O) groups excluding carboxylic acids is 1. The molecule has 0 saturated heterocycles. The van der Waals surface area contributed by atoms with Crippen LogP contribution in [0.5, 0.6) is 0 Å². The van der Waals surface area contributed by atoms with Gasteiger partial charge in [-0.25, -0.2) is 4.39 Å². The molecule has 2 rings (SSSR count). The molecule has 0 aliphatic rings. The third kappa shape index (κ3) is 6.54. The van der Waals surface area contributed by atoms with Gasteiger partial charge < -0.3 is 15.5 Å². The Morgan fingerprint density at radius 2 is 1.59 bits per heavy atom. The second kappa shape index (κ2) is 9.47. The van der Waals surface area contributed by atoms with E-state index >= 15 is 0 Å². The van der Waals surface area contributed by atoms with Gasteiger partial charge in [-0.05, 0) is 23.6 Å². The first-order chi connectivity index (χ1) is 12.8. The van der Waals surface area contributed by atoms with E-state index in [1.165, 1.54) is 6.07 Å². The van der Waals surface area contributed by atoms with Crippen molar-refractivity contribution in [1.29, 1.82) is 0 Å². The lowest BCUT2D eigenvalue weighted by Crippen LogP contribution is -2.38. The predicted octanol–water partition coefficient (Wildman–Crippen LogP) is 2.86. The molecular weight excluding hydrogens is 353 g/mol. The van der Waals surface area contributed by atoms with Crippen LogP contribution in [-0.4, -0.2) is 34.1 Å². The molecule has 0 aromatic heterocycles. The minimum atomic E-state index is -1.09. The second-order valence-electron chi connectivity index (χ2n) is 6.14. The zero-order valence-corrected chi connectivity index (χ0v) is 14.5. The van der Waals surface area contributed by atoms with E-state index in [0.717, 1.165) is 5.56 Å². The van der Waals surface area contributed by atoms with Crippen molar-refractivity contribution in [2.45, 2.75) is 31.7 Å². The van der Waals surface area contributed by atoms with Crippen LogP contribution in [0.1, 0.15) is 24.8 Å². The van der Waals surface area contributed by atoms with Crippen molar-refractivity contribution < 1.29 is 29.0 Å². The van der Waals surface area contributed by atoms with Gasteiger partial charge in [-0.15, -0.1) is 0 Å². The van der Waals surface area contributed by atoms with Crippen LogP contribution in [0.25, 0.3) is 11.1 Å². The number of benzene rings is 2. The Bertz CT molecular complexity index is 819. The summed E-state index contributed by atoms with van der Waals surface area (Å²) in [5.41, 5.74) is 1.94. The number of carboxylic acids is 2. The Morgan fingerprint density at radius 3 is 2.19 bits per heavy atom. The molecule has 0 aliphatic carbocycles. The van der Waals surface area contributed by atoms with Gasteiger partial charge in [0.1, 0.15) is 5.82 Å². The Morgan fingerprint density at radius 1 is 0.926 bits per heavy atom. The van der Waals surface area contributed by atoms with Crippen LogP contribution in [0, 0.1) is 5.82 Å². The van der Waals surface area contributed by atoms with Gasteiger partial charge in [0.2, 0.25) is 5.91 Å². The van der Waals surface area contributed by atoms with Gasteiger partial charge in [0.25, 0.3) is 0 Å². The maximum absolute atomic E-state index is 13.8. The third-order valence-corrected chi connectivity index (χ3v) is 3.97. The first-order valence-electron chi connectivity index (χ1n) is 8.42. The number of amides is 1. The van der Waals surface area contributed by atoms with Crippen LogP contribution >= 0.6 is 0 Å². The smallest absolute Gasteiger partial charge is 0.305 e. The van der Waals surface area contributed by atoms with Gasteiger partial charge in [-0.3, -0.25) is 14.4 Å². The lowest BCUT2D eigenvalue weighted by Gasteiger charge is -2.17. The maximum atomic E-state index is 13.8. The first kappa shape index (κ1) is 20.1. The van der Waals surface area contributed by atoms with E-state index in [-0.39, 0.29) is 31.5 Å². The van der Waals surface area contributed by atoms with Crippen molar-refractivity contribution in [1.82, 2.24) is 5.32 Å². The molecule has 0 saturated carbocycles. The van der Waals surface area contributed by atoms with Gasteiger partial charge in [0, 0.05) is 18.0 Å². The molecule has 6 nitrogen and oxygen atoms in total. The molecule has 2 aromatic carbocycles. The van der Waals surface area contributed by atoms with E-state index in [1.807, 2.05) is 0 Å². The minimum Gasteiger partial charge on any atom is -0.481 e. The first-order valence-corrected chi connectivity index (χ1v) is 8.42. The molecule has 3 N–H and O–H groups in total. The molecule has 7 heteroatoms. The Kier molecular flexibility index (Phi) is 7.05. The summed E-state index contributed by atoms with van der Waals surface area (Å²) in [5, 5.41) is 20.2. The van der Waals surface area contributed by atoms with Gasteiger partial charge >= 0.3 is 11.9 Å². The van der Waals surface area contributed by atoms with E-state index in [1.54, 1.807) is 42.5 Å². The number of hydrogen-bond acceptors (Lipinski definition) is 3. The summed E-state index contributed by atoms with van der Waals surface area (Å²) in [4.78, 5) is 33.4. The lowest BCUT2D eigenvalue weighted by molar-refractivity contribution is -0.140. The molecule has 142 valence electrons. The van der Waals surface area contributed by atoms with Crippen LogP contribution in [0.2, 0.25) is 0 Å². The summed E-state index contributed by atoms with van der Waals surface area (Å²) < 4.78 is 13.8. The average molecular weight is 373 g/mol. The van der Waals surface area contributed by atoms with Crippen molar-refractivity contribution in [2.75, 3.05) is 0 Å². The van der Waals surface area contributed by atoms with Crippen LogP contribution in [0.15, 0.2) is 48.5 Å². The monoisotopic (exact) mass is 373 g/mol. The zero-order valence-electron chi connectivity index (χ0n) is 14.5. The maximum Gasteiger partial charge on any atom is 0.305 e. The summed E-state index contributed by atoms with van der Waals surface area (Å²) in [6.45, 7) is 0. The fourth-order valence-electron chi connectivity index (χ4n) is 2.71. The van der Waals surface area contributed by atoms with E-state index in [9.17, 15) is 18.8 Å². The normalized spacial score (nSPS) is 11.6. The molecule has 0 radical (unpaired) electrons. The molecule has 0 bridgehead atoms. The second-order valence-corrected chi connectivity index (χ2v) is 6.14. The van der Waals surface area contributed by atoms with Crippen molar-refractivity contribution >= 4 is 17.8 Å². The van der Waals surface area contributed by atoms with Crippen molar-refractivity contribution in [2.24, 2.45) is 0 Å². The molecule has 2 aromatic rings. The standard InChI is InChI=1S/C20H20FNO5/c21-17-4-2-1-3-16(17)14-7-5-13(6-8-14)11-15(12-20(26)27)22-18(23)9-10-19(24)25/h1-8,15H,9-12H2,(H,22,23)(H,24,25)(H,26,27)/t15-/m1/s1. The molecular formula is C20H20FNO5.